The van der Waals surface area contributed by atoms with Crippen LogP contribution in [-0.2, 0) is 23.1 Å². The predicted molar refractivity (Wildman–Crippen MR) is 75.3 cm³/mol. The molecule has 118 valence electrons. The highest BCUT2D eigenvalue weighted by Crippen LogP contribution is 2.48. The normalized spacial score (nSPS) is 25.0. The lowest BCUT2D eigenvalue weighted by atomic mass is 9.75. The van der Waals surface area contributed by atoms with Crippen LogP contribution in [0.5, 0.6) is 0 Å². The fourth-order valence-corrected chi connectivity index (χ4v) is 3.49. The summed E-state index contributed by atoms with van der Waals surface area (Å²) in [6, 6.07) is 9.51. The molecule has 0 unspecified atom stereocenters. The molecule has 3 rings (SSSR count). The number of rotatable bonds is 4. The Bertz CT molecular complexity index is 636. The van der Waals surface area contributed by atoms with Gasteiger partial charge in [0.2, 0.25) is 0 Å². The van der Waals surface area contributed by atoms with Gasteiger partial charge in [-0.25, -0.2) is 4.98 Å². The maximum absolute atomic E-state index is 12.8. The molecular formula is C15H14F3NO2S. The number of aromatic nitrogens is 1. The van der Waals surface area contributed by atoms with Crippen LogP contribution in [0.1, 0.15) is 29.0 Å². The van der Waals surface area contributed by atoms with E-state index in [0.717, 1.165) is 22.4 Å². The molecule has 1 aliphatic rings. The molecule has 1 saturated carbocycles. The first-order valence-electron chi connectivity index (χ1n) is 6.77. The molecule has 7 heteroatoms. The van der Waals surface area contributed by atoms with Gasteiger partial charge < -0.3 is 9.84 Å². The van der Waals surface area contributed by atoms with Crippen molar-refractivity contribution in [3.63, 3.8) is 0 Å². The Hall–Kier alpha value is -1.44. The summed E-state index contributed by atoms with van der Waals surface area (Å²) in [7, 11) is 0. The highest BCUT2D eigenvalue weighted by atomic mass is 32.1. The molecule has 3 nitrogen and oxygen atoms in total. The zero-order valence-electron chi connectivity index (χ0n) is 11.5. The van der Waals surface area contributed by atoms with Gasteiger partial charge in [-0.05, 0) is 5.56 Å². The molecule has 0 aliphatic heterocycles. The molecule has 2 aromatic rings. The molecule has 0 spiro atoms. The van der Waals surface area contributed by atoms with E-state index in [1.165, 1.54) is 0 Å². The van der Waals surface area contributed by atoms with Crippen LogP contribution in [0.4, 0.5) is 13.2 Å². The van der Waals surface area contributed by atoms with E-state index in [9.17, 15) is 18.3 Å². The molecule has 1 aromatic carbocycles. The summed E-state index contributed by atoms with van der Waals surface area (Å²) in [5.74, 6) is 0. The Morgan fingerprint density at radius 3 is 2.59 bits per heavy atom. The number of halogens is 3. The van der Waals surface area contributed by atoms with Gasteiger partial charge in [0.15, 0.2) is 5.69 Å². The summed E-state index contributed by atoms with van der Waals surface area (Å²) >= 11 is 0.839. The van der Waals surface area contributed by atoms with E-state index in [-0.39, 0.29) is 23.8 Å². The lowest BCUT2D eigenvalue weighted by Crippen LogP contribution is -2.46. The molecule has 0 atom stereocenters. The van der Waals surface area contributed by atoms with Crippen LogP contribution < -0.4 is 0 Å². The molecule has 1 N–H and O–H groups in total. The van der Waals surface area contributed by atoms with E-state index in [2.05, 4.69) is 4.98 Å². The van der Waals surface area contributed by atoms with Crippen molar-refractivity contribution < 1.29 is 23.0 Å². The van der Waals surface area contributed by atoms with E-state index in [1.807, 2.05) is 30.3 Å². The molecular weight excluding hydrogens is 315 g/mol. The average molecular weight is 329 g/mol. The van der Waals surface area contributed by atoms with Gasteiger partial charge in [0, 0.05) is 12.8 Å². The minimum atomic E-state index is -4.54. The fourth-order valence-electron chi connectivity index (χ4n) is 2.56. The summed E-state index contributed by atoms with van der Waals surface area (Å²) in [4.78, 5) is 3.24. The number of benzene rings is 1. The van der Waals surface area contributed by atoms with Crippen molar-refractivity contribution in [3.8, 4) is 0 Å². The maximum atomic E-state index is 12.8. The van der Waals surface area contributed by atoms with Crippen LogP contribution in [0.3, 0.4) is 0 Å². The largest absolute Gasteiger partial charge is 0.434 e. The molecule has 1 aromatic heterocycles. The molecule has 1 heterocycles. The van der Waals surface area contributed by atoms with Crippen LogP contribution >= 0.6 is 11.3 Å². The first kappa shape index (κ1) is 15.5. The van der Waals surface area contributed by atoms with Gasteiger partial charge in [0.25, 0.3) is 0 Å². The van der Waals surface area contributed by atoms with Gasteiger partial charge in [-0.15, -0.1) is 11.3 Å². The van der Waals surface area contributed by atoms with Gasteiger partial charge in [0.05, 0.1) is 23.1 Å². The molecule has 0 amide bonds. The topological polar surface area (TPSA) is 42.4 Å². The Kier molecular flexibility index (Phi) is 3.96. The molecule has 1 fully saturated rings. The highest BCUT2D eigenvalue weighted by Gasteiger charge is 2.51. The van der Waals surface area contributed by atoms with Gasteiger partial charge in [-0.2, -0.15) is 13.2 Å². The number of hydrogen-bond acceptors (Lipinski definition) is 4. The van der Waals surface area contributed by atoms with Gasteiger partial charge in [-0.1, -0.05) is 30.3 Å². The number of alkyl halides is 3. The number of thiazole rings is 1. The number of nitrogens with zero attached hydrogens (tertiary/aromatic N) is 1. The molecule has 1 aliphatic carbocycles. The van der Waals surface area contributed by atoms with Gasteiger partial charge in [0.1, 0.15) is 5.60 Å². The maximum Gasteiger partial charge on any atom is 0.434 e. The van der Waals surface area contributed by atoms with Crippen LogP contribution in [-0.4, -0.2) is 16.2 Å². The zero-order valence-corrected chi connectivity index (χ0v) is 12.3. The summed E-state index contributed by atoms with van der Waals surface area (Å²) in [5, 5.41) is 10.4. The van der Waals surface area contributed by atoms with Crippen LogP contribution in [0, 0.1) is 0 Å². The van der Waals surface area contributed by atoms with Crippen molar-refractivity contribution in [2.75, 3.05) is 0 Å². The lowest BCUT2D eigenvalue weighted by molar-refractivity contribution is -0.163. The molecule has 0 bridgehead atoms. The summed E-state index contributed by atoms with van der Waals surface area (Å²) < 4.78 is 44.1. The first-order chi connectivity index (χ1) is 10.4. The zero-order chi connectivity index (χ0) is 15.8. The average Bonchev–Trinajstić information content (AvgIpc) is 2.93. The van der Waals surface area contributed by atoms with Gasteiger partial charge >= 0.3 is 6.18 Å². The van der Waals surface area contributed by atoms with Crippen LogP contribution in [0.2, 0.25) is 0 Å². The summed E-state index contributed by atoms with van der Waals surface area (Å²) in [5.41, 5.74) is -0.352. The number of aliphatic hydroxyl groups is 1. The third-order valence-electron chi connectivity index (χ3n) is 3.72. The van der Waals surface area contributed by atoms with E-state index >= 15 is 0 Å². The third-order valence-corrected chi connectivity index (χ3v) is 4.74. The van der Waals surface area contributed by atoms with Crippen molar-refractivity contribution in [2.45, 2.75) is 37.3 Å². The number of ether oxygens (including phenoxy) is 1. The second-order valence-corrected chi connectivity index (χ2v) is 6.24. The van der Waals surface area contributed by atoms with E-state index in [0.29, 0.717) is 6.61 Å². The molecule has 0 radical (unpaired) electrons. The second-order valence-electron chi connectivity index (χ2n) is 5.39. The fraction of sp³-hybridized carbons (Fsp3) is 0.400. The quantitative estimate of drug-likeness (QED) is 0.929. The Morgan fingerprint density at radius 2 is 1.95 bits per heavy atom. The Morgan fingerprint density at radius 1 is 1.27 bits per heavy atom. The van der Waals surface area contributed by atoms with Crippen LogP contribution in [0.25, 0.3) is 0 Å². The minimum Gasteiger partial charge on any atom is -0.384 e. The Balaban J connectivity index is 1.61. The monoisotopic (exact) mass is 329 g/mol. The molecule has 22 heavy (non-hydrogen) atoms. The van der Waals surface area contributed by atoms with Crippen LogP contribution in [0.15, 0.2) is 35.8 Å². The summed E-state index contributed by atoms with van der Waals surface area (Å²) in [6.45, 7) is 0.385. The smallest absolute Gasteiger partial charge is 0.384 e. The van der Waals surface area contributed by atoms with E-state index in [1.54, 1.807) is 0 Å². The van der Waals surface area contributed by atoms with Crippen molar-refractivity contribution >= 4 is 11.3 Å². The van der Waals surface area contributed by atoms with Gasteiger partial charge in [-0.3, -0.25) is 0 Å². The first-order valence-corrected chi connectivity index (χ1v) is 7.65. The van der Waals surface area contributed by atoms with Crippen molar-refractivity contribution in [2.24, 2.45) is 0 Å². The van der Waals surface area contributed by atoms with E-state index in [4.69, 9.17) is 4.74 Å². The van der Waals surface area contributed by atoms with E-state index < -0.39 is 17.5 Å². The van der Waals surface area contributed by atoms with Crippen molar-refractivity contribution in [1.82, 2.24) is 4.98 Å². The highest BCUT2D eigenvalue weighted by molar-refractivity contribution is 7.09. The second kappa shape index (κ2) is 5.64. The minimum absolute atomic E-state index is 0.112. The lowest BCUT2D eigenvalue weighted by Gasteiger charge is -2.43. The van der Waals surface area contributed by atoms with Crippen molar-refractivity contribution in [3.05, 3.63) is 52.0 Å². The van der Waals surface area contributed by atoms with Crippen molar-refractivity contribution in [1.29, 1.82) is 0 Å². The Labute approximate surface area is 129 Å². The molecule has 0 saturated heterocycles. The standard InChI is InChI=1S/C15H14F3NO2S/c16-15(17,18)12-13(22-9-19-12)14(20)6-11(7-14)21-8-10-4-2-1-3-5-10/h1-5,9,11,20H,6-8H2. The SMILES string of the molecule is OC1(c2scnc2C(F)(F)F)CC(OCc2ccccc2)C1. The summed E-state index contributed by atoms with van der Waals surface area (Å²) in [6.07, 6.45) is -4.47. The predicted octanol–water partition coefficient (Wildman–Crippen LogP) is 3.73. The number of hydrogen-bond donors (Lipinski definition) is 1. The third kappa shape index (κ3) is 3.02.